The van der Waals surface area contributed by atoms with Gasteiger partial charge in [-0.2, -0.15) is 5.10 Å². The molecule has 2 aliphatic heterocycles. The molecule has 6 heteroatoms. The van der Waals surface area contributed by atoms with Crippen LogP contribution >= 0.6 is 11.6 Å². The summed E-state index contributed by atoms with van der Waals surface area (Å²) in [5, 5.41) is 7.71. The minimum Gasteiger partial charge on any atom is -0.497 e. The van der Waals surface area contributed by atoms with Gasteiger partial charge in [-0.3, -0.25) is 0 Å². The molecule has 5 nitrogen and oxygen atoms in total. The fraction of sp³-hybridized carbons (Fsp3) is 0.240. The summed E-state index contributed by atoms with van der Waals surface area (Å²) < 4.78 is 17.7. The molecular formula is C25H23ClN2O3. The third kappa shape index (κ3) is 3.59. The van der Waals surface area contributed by atoms with Gasteiger partial charge in [0.2, 0.25) is 6.23 Å². The van der Waals surface area contributed by atoms with Crippen LogP contribution in [0.5, 0.6) is 17.2 Å². The smallest absolute Gasteiger partial charge is 0.214 e. The fourth-order valence-electron chi connectivity index (χ4n) is 4.19. The van der Waals surface area contributed by atoms with Crippen molar-refractivity contribution in [2.75, 3.05) is 13.7 Å². The van der Waals surface area contributed by atoms with Gasteiger partial charge in [0.1, 0.15) is 5.75 Å². The van der Waals surface area contributed by atoms with E-state index in [0.29, 0.717) is 11.6 Å². The third-order valence-corrected chi connectivity index (χ3v) is 5.87. The van der Waals surface area contributed by atoms with Gasteiger partial charge in [0.25, 0.3) is 0 Å². The number of hydrogen-bond donors (Lipinski definition) is 0. The summed E-state index contributed by atoms with van der Waals surface area (Å²) in [4.78, 5) is 0. The highest BCUT2D eigenvalue weighted by molar-refractivity contribution is 6.30. The van der Waals surface area contributed by atoms with Crippen molar-refractivity contribution in [2.45, 2.75) is 25.6 Å². The summed E-state index contributed by atoms with van der Waals surface area (Å²) >= 11 is 6.29. The molecule has 0 saturated carbocycles. The lowest BCUT2D eigenvalue weighted by Gasteiger charge is -2.38. The van der Waals surface area contributed by atoms with Gasteiger partial charge in [-0.25, -0.2) is 5.01 Å². The van der Waals surface area contributed by atoms with Crippen molar-refractivity contribution in [2.24, 2.45) is 5.10 Å². The Morgan fingerprint density at radius 3 is 2.65 bits per heavy atom. The molecule has 0 spiro atoms. The number of rotatable bonds is 5. The summed E-state index contributed by atoms with van der Waals surface area (Å²) in [7, 11) is 1.67. The largest absolute Gasteiger partial charge is 0.497 e. The van der Waals surface area contributed by atoms with Crippen LogP contribution in [0.1, 0.15) is 42.3 Å². The van der Waals surface area contributed by atoms with Gasteiger partial charge in [-0.05, 0) is 55.0 Å². The lowest BCUT2D eigenvalue weighted by atomic mass is 9.95. The first kappa shape index (κ1) is 19.8. The Kier molecular flexibility index (Phi) is 5.20. The van der Waals surface area contributed by atoms with Crippen LogP contribution in [0.3, 0.4) is 0 Å². The standard InChI is InChI=1S/C25H23ClN2O3/c1-3-30-23-9-5-8-20-22-15-21(16-10-12-19(29-2)13-11-16)27-28(22)25(31-24(20)23)17-6-4-7-18(26)14-17/h4-14,22,25H,3,15H2,1-2H3. The Balaban J connectivity index is 1.59. The molecule has 0 radical (unpaired) electrons. The number of hydrazone groups is 1. The summed E-state index contributed by atoms with van der Waals surface area (Å²) in [5.74, 6) is 2.36. The van der Waals surface area contributed by atoms with Crippen molar-refractivity contribution >= 4 is 17.3 Å². The lowest BCUT2D eigenvalue weighted by molar-refractivity contribution is -0.0212. The highest BCUT2D eigenvalue weighted by Gasteiger charge is 2.42. The fourth-order valence-corrected chi connectivity index (χ4v) is 4.39. The first-order valence-corrected chi connectivity index (χ1v) is 10.7. The van der Waals surface area contributed by atoms with Crippen LogP contribution < -0.4 is 14.2 Å². The first-order chi connectivity index (χ1) is 15.2. The maximum absolute atomic E-state index is 6.51. The summed E-state index contributed by atoms with van der Waals surface area (Å²) in [6, 6.07) is 21.9. The third-order valence-electron chi connectivity index (χ3n) is 5.64. The molecule has 2 atom stereocenters. The molecule has 2 unspecified atom stereocenters. The van der Waals surface area contributed by atoms with E-state index in [2.05, 4.69) is 6.07 Å². The van der Waals surface area contributed by atoms with E-state index < -0.39 is 6.23 Å². The number of halogens is 1. The summed E-state index contributed by atoms with van der Waals surface area (Å²) in [6.45, 7) is 2.55. The monoisotopic (exact) mass is 434 g/mol. The minimum absolute atomic E-state index is 0.0465. The molecular weight excluding hydrogens is 412 g/mol. The van der Waals surface area contributed by atoms with Gasteiger partial charge in [0.15, 0.2) is 11.5 Å². The molecule has 0 bridgehead atoms. The van der Waals surface area contributed by atoms with Crippen LogP contribution in [0.25, 0.3) is 0 Å². The van der Waals surface area contributed by atoms with E-state index in [1.54, 1.807) is 7.11 Å². The van der Waals surface area contributed by atoms with Gasteiger partial charge in [0.05, 0.1) is 25.5 Å². The van der Waals surface area contributed by atoms with E-state index in [-0.39, 0.29) is 6.04 Å². The molecule has 2 aliphatic rings. The molecule has 0 N–H and O–H groups in total. The predicted molar refractivity (Wildman–Crippen MR) is 121 cm³/mol. The SMILES string of the molecule is CCOc1cccc2c1OC(c1cccc(Cl)c1)N1N=C(c3ccc(OC)cc3)CC21. The zero-order chi connectivity index (χ0) is 21.4. The van der Waals surface area contributed by atoms with Crippen molar-refractivity contribution in [1.82, 2.24) is 5.01 Å². The van der Waals surface area contributed by atoms with Gasteiger partial charge >= 0.3 is 0 Å². The van der Waals surface area contributed by atoms with E-state index in [1.807, 2.05) is 72.6 Å². The van der Waals surface area contributed by atoms with E-state index in [9.17, 15) is 0 Å². The zero-order valence-corrected chi connectivity index (χ0v) is 18.2. The molecule has 158 valence electrons. The number of para-hydroxylation sites is 1. The van der Waals surface area contributed by atoms with Crippen LogP contribution in [0.4, 0.5) is 0 Å². The first-order valence-electron chi connectivity index (χ1n) is 10.4. The average Bonchev–Trinajstić information content (AvgIpc) is 3.25. The van der Waals surface area contributed by atoms with E-state index in [4.69, 9.17) is 30.9 Å². The van der Waals surface area contributed by atoms with Crippen LogP contribution in [0, 0.1) is 0 Å². The summed E-state index contributed by atoms with van der Waals surface area (Å²) in [6.07, 6.45) is 0.378. The molecule has 0 saturated heterocycles. The van der Waals surface area contributed by atoms with Crippen LogP contribution in [0.15, 0.2) is 71.8 Å². The average molecular weight is 435 g/mol. The van der Waals surface area contributed by atoms with Gasteiger partial charge in [0, 0.05) is 22.6 Å². The van der Waals surface area contributed by atoms with Crippen molar-refractivity contribution in [3.63, 3.8) is 0 Å². The number of fused-ring (bicyclic) bond motifs is 3. The van der Waals surface area contributed by atoms with Crippen molar-refractivity contribution < 1.29 is 14.2 Å². The quantitative estimate of drug-likeness (QED) is 0.494. The maximum atomic E-state index is 6.51. The number of nitrogens with zero attached hydrogens (tertiary/aromatic N) is 2. The van der Waals surface area contributed by atoms with Crippen LogP contribution in [-0.4, -0.2) is 24.4 Å². The van der Waals surface area contributed by atoms with Crippen molar-refractivity contribution in [1.29, 1.82) is 0 Å². The minimum atomic E-state index is -0.395. The number of hydrogen-bond acceptors (Lipinski definition) is 5. The van der Waals surface area contributed by atoms with Gasteiger partial charge in [-0.15, -0.1) is 0 Å². The van der Waals surface area contributed by atoms with E-state index in [1.165, 1.54) is 0 Å². The Labute approximate surface area is 186 Å². The molecule has 0 aliphatic carbocycles. The normalized spacial score (nSPS) is 19.2. The highest BCUT2D eigenvalue weighted by Crippen LogP contribution is 2.50. The maximum Gasteiger partial charge on any atom is 0.214 e. The zero-order valence-electron chi connectivity index (χ0n) is 17.4. The molecule has 3 aromatic carbocycles. The Bertz CT molecular complexity index is 1130. The lowest BCUT2D eigenvalue weighted by Crippen LogP contribution is -2.33. The Morgan fingerprint density at radius 2 is 1.90 bits per heavy atom. The highest BCUT2D eigenvalue weighted by atomic mass is 35.5. The number of ether oxygens (including phenoxy) is 3. The van der Waals surface area contributed by atoms with Gasteiger partial charge < -0.3 is 14.2 Å². The second-order valence-electron chi connectivity index (χ2n) is 7.51. The van der Waals surface area contributed by atoms with Crippen LogP contribution in [0.2, 0.25) is 5.02 Å². The second kappa shape index (κ2) is 8.16. The van der Waals surface area contributed by atoms with Crippen molar-refractivity contribution in [3.8, 4) is 17.2 Å². The number of methoxy groups -OCH3 is 1. The van der Waals surface area contributed by atoms with E-state index >= 15 is 0 Å². The van der Waals surface area contributed by atoms with E-state index in [0.717, 1.165) is 46.1 Å². The molecule has 0 aromatic heterocycles. The molecule has 31 heavy (non-hydrogen) atoms. The topological polar surface area (TPSA) is 43.3 Å². The molecule has 0 amide bonds. The Hall–Kier alpha value is -3.18. The Morgan fingerprint density at radius 1 is 1.10 bits per heavy atom. The molecule has 2 heterocycles. The molecule has 5 rings (SSSR count). The summed E-state index contributed by atoms with van der Waals surface area (Å²) in [5.41, 5.74) is 4.12. The molecule has 3 aromatic rings. The van der Waals surface area contributed by atoms with Gasteiger partial charge in [-0.1, -0.05) is 35.9 Å². The van der Waals surface area contributed by atoms with Crippen molar-refractivity contribution in [3.05, 3.63) is 88.4 Å². The molecule has 0 fully saturated rings. The second-order valence-corrected chi connectivity index (χ2v) is 7.94. The number of benzene rings is 3. The van der Waals surface area contributed by atoms with Crippen LogP contribution in [-0.2, 0) is 0 Å². The predicted octanol–water partition coefficient (Wildman–Crippen LogP) is 5.99.